The lowest BCUT2D eigenvalue weighted by Crippen LogP contribution is -2.16. The van der Waals surface area contributed by atoms with E-state index < -0.39 is 11.9 Å². The van der Waals surface area contributed by atoms with E-state index in [0.29, 0.717) is 17.9 Å². The first kappa shape index (κ1) is 14.0. The molecule has 0 unspecified atom stereocenters. The summed E-state index contributed by atoms with van der Waals surface area (Å²) in [7, 11) is 0. The third-order valence-electron chi connectivity index (χ3n) is 2.24. The van der Waals surface area contributed by atoms with Gasteiger partial charge >= 0.3 is 5.97 Å². The Bertz CT molecular complexity index is 417. The average Bonchev–Trinajstić information content (AvgIpc) is 2.37. The summed E-state index contributed by atoms with van der Waals surface area (Å²) in [5.41, 5.74) is 5.47. The highest BCUT2D eigenvalue weighted by molar-refractivity contribution is 5.93. The first-order valence-electron chi connectivity index (χ1n) is 5.81. The lowest BCUT2D eigenvalue weighted by atomic mass is 10.2. The van der Waals surface area contributed by atoms with Crippen molar-refractivity contribution in [2.24, 2.45) is 5.73 Å². The lowest BCUT2D eigenvalue weighted by Gasteiger charge is -2.07. The van der Waals surface area contributed by atoms with Crippen molar-refractivity contribution in [1.82, 2.24) is 0 Å². The van der Waals surface area contributed by atoms with E-state index in [-0.39, 0.29) is 6.61 Å². The summed E-state index contributed by atoms with van der Waals surface area (Å²) >= 11 is 0. The second-order valence-corrected chi connectivity index (χ2v) is 3.75. The smallest absolute Gasteiger partial charge is 0.344 e. The quantitative estimate of drug-likeness (QED) is 0.588. The van der Waals surface area contributed by atoms with Crippen molar-refractivity contribution in [3.63, 3.8) is 0 Å². The lowest BCUT2D eigenvalue weighted by molar-refractivity contribution is -0.146. The van der Waals surface area contributed by atoms with Gasteiger partial charge in [0.2, 0.25) is 5.91 Å². The maximum absolute atomic E-state index is 11.3. The van der Waals surface area contributed by atoms with E-state index in [1.165, 1.54) is 6.07 Å². The maximum Gasteiger partial charge on any atom is 0.344 e. The van der Waals surface area contributed by atoms with E-state index in [1.54, 1.807) is 18.2 Å². The van der Waals surface area contributed by atoms with Gasteiger partial charge in [-0.25, -0.2) is 4.79 Å². The van der Waals surface area contributed by atoms with Gasteiger partial charge in [-0.2, -0.15) is 0 Å². The summed E-state index contributed by atoms with van der Waals surface area (Å²) in [5, 5.41) is 0. The summed E-state index contributed by atoms with van der Waals surface area (Å²) in [6, 6.07) is 6.35. The molecule has 98 valence electrons. The van der Waals surface area contributed by atoms with Crippen LogP contribution in [0.4, 0.5) is 0 Å². The van der Waals surface area contributed by atoms with E-state index in [2.05, 4.69) is 0 Å². The Labute approximate surface area is 106 Å². The molecule has 18 heavy (non-hydrogen) atoms. The highest BCUT2D eigenvalue weighted by Gasteiger charge is 2.06. The number of primary amides is 1. The van der Waals surface area contributed by atoms with Gasteiger partial charge in [-0.3, -0.25) is 4.79 Å². The van der Waals surface area contributed by atoms with Crippen molar-refractivity contribution >= 4 is 11.9 Å². The average molecular weight is 251 g/mol. The van der Waals surface area contributed by atoms with E-state index in [0.717, 1.165) is 12.8 Å². The fraction of sp³-hybridized carbons (Fsp3) is 0.385. The van der Waals surface area contributed by atoms with Crippen molar-refractivity contribution < 1.29 is 19.1 Å². The molecule has 0 atom stereocenters. The number of carbonyl (C=O) groups excluding carboxylic acids is 2. The first-order valence-corrected chi connectivity index (χ1v) is 5.81. The zero-order valence-electron chi connectivity index (χ0n) is 10.3. The molecule has 0 aliphatic rings. The molecule has 0 heterocycles. The summed E-state index contributed by atoms with van der Waals surface area (Å²) in [5.74, 6) is -0.544. The SMILES string of the molecule is CCCCOC(=O)COc1cccc(C(N)=O)c1. The van der Waals surface area contributed by atoms with Gasteiger partial charge in [0.25, 0.3) is 0 Å². The number of ether oxygens (including phenoxy) is 2. The fourth-order valence-electron chi connectivity index (χ4n) is 1.25. The summed E-state index contributed by atoms with van der Waals surface area (Å²) in [6.07, 6.45) is 1.80. The number of carbonyl (C=O) groups is 2. The number of hydrogen-bond donors (Lipinski definition) is 1. The molecule has 0 bridgehead atoms. The van der Waals surface area contributed by atoms with Crippen LogP contribution in [0.2, 0.25) is 0 Å². The Kier molecular flexibility index (Phi) is 5.70. The minimum atomic E-state index is -0.536. The standard InChI is InChI=1S/C13H17NO4/c1-2-3-7-17-12(15)9-18-11-6-4-5-10(8-11)13(14)16/h4-6,8H,2-3,7,9H2,1H3,(H2,14,16). The van der Waals surface area contributed by atoms with Crippen LogP contribution in [0.1, 0.15) is 30.1 Å². The number of nitrogens with two attached hydrogens (primary N) is 1. The first-order chi connectivity index (χ1) is 8.63. The molecule has 5 heteroatoms. The molecule has 0 spiro atoms. The molecule has 0 radical (unpaired) electrons. The second kappa shape index (κ2) is 7.32. The normalized spacial score (nSPS) is 9.83. The van der Waals surface area contributed by atoms with Crippen LogP contribution in [0.5, 0.6) is 5.75 Å². The van der Waals surface area contributed by atoms with Gasteiger partial charge in [0.05, 0.1) is 6.61 Å². The third-order valence-corrected chi connectivity index (χ3v) is 2.24. The summed E-state index contributed by atoms with van der Waals surface area (Å²) in [4.78, 5) is 22.2. The van der Waals surface area contributed by atoms with E-state index >= 15 is 0 Å². The highest BCUT2D eigenvalue weighted by Crippen LogP contribution is 2.12. The van der Waals surface area contributed by atoms with Crippen LogP contribution in [0.3, 0.4) is 0 Å². The molecule has 0 aliphatic carbocycles. The van der Waals surface area contributed by atoms with Crippen LogP contribution in [-0.2, 0) is 9.53 Å². The molecule has 1 amide bonds. The van der Waals surface area contributed by atoms with Crippen LogP contribution in [0.15, 0.2) is 24.3 Å². The fourth-order valence-corrected chi connectivity index (χ4v) is 1.25. The minimum Gasteiger partial charge on any atom is -0.482 e. The predicted octanol–water partition coefficient (Wildman–Crippen LogP) is 1.51. The van der Waals surface area contributed by atoms with Crippen molar-refractivity contribution in [3.05, 3.63) is 29.8 Å². The number of esters is 1. The molecule has 0 aromatic heterocycles. The molecule has 0 saturated carbocycles. The number of rotatable bonds is 7. The van der Waals surface area contributed by atoms with Crippen molar-refractivity contribution in [2.45, 2.75) is 19.8 Å². The molecule has 0 saturated heterocycles. The van der Waals surface area contributed by atoms with E-state index in [9.17, 15) is 9.59 Å². The van der Waals surface area contributed by atoms with Gasteiger partial charge in [-0.05, 0) is 24.6 Å². The molecular weight excluding hydrogens is 234 g/mol. The Morgan fingerprint density at radius 3 is 2.78 bits per heavy atom. The van der Waals surface area contributed by atoms with Crippen LogP contribution in [0, 0.1) is 0 Å². The number of hydrogen-bond acceptors (Lipinski definition) is 4. The van der Waals surface area contributed by atoms with E-state index in [4.69, 9.17) is 15.2 Å². The van der Waals surface area contributed by atoms with Gasteiger partial charge in [0.1, 0.15) is 5.75 Å². The number of amides is 1. The predicted molar refractivity (Wildman–Crippen MR) is 66.3 cm³/mol. The molecule has 2 N–H and O–H groups in total. The van der Waals surface area contributed by atoms with Crippen molar-refractivity contribution in [1.29, 1.82) is 0 Å². The minimum absolute atomic E-state index is 0.175. The largest absolute Gasteiger partial charge is 0.482 e. The molecule has 5 nitrogen and oxygen atoms in total. The zero-order chi connectivity index (χ0) is 13.4. The second-order valence-electron chi connectivity index (χ2n) is 3.75. The monoisotopic (exact) mass is 251 g/mol. The third kappa shape index (κ3) is 4.86. The molecule has 1 aromatic rings. The Morgan fingerprint density at radius 1 is 1.33 bits per heavy atom. The maximum atomic E-state index is 11.3. The zero-order valence-corrected chi connectivity index (χ0v) is 10.3. The molecule has 0 fully saturated rings. The van der Waals surface area contributed by atoms with Gasteiger partial charge in [-0.1, -0.05) is 19.4 Å². The van der Waals surface area contributed by atoms with Crippen LogP contribution < -0.4 is 10.5 Å². The number of unbranched alkanes of at least 4 members (excludes halogenated alkanes) is 1. The van der Waals surface area contributed by atoms with Gasteiger partial charge in [0.15, 0.2) is 6.61 Å². The Hall–Kier alpha value is -2.04. The summed E-state index contributed by atoms with van der Waals surface area (Å²) < 4.78 is 10.1. The van der Waals surface area contributed by atoms with Gasteiger partial charge < -0.3 is 15.2 Å². The van der Waals surface area contributed by atoms with Crippen molar-refractivity contribution in [3.8, 4) is 5.75 Å². The van der Waals surface area contributed by atoms with Gasteiger partial charge in [-0.15, -0.1) is 0 Å². The molecular formula is C13H17NO4. The molecule has 1 rings (SSSR count). The Balaban J connectivity index is 2.41. The molecule has 0 aliphatic heterocycles. The van der Waals surface area contributed by atoms with Crippen LogP contribution in [0.25, 0.3) is 0 Å². The van der Waals surface area contributed by atoms with E-state index in [1.807, 2.05) is 6.92 Å². The van der Waals surface area contributed by atoms with Crippen LogP contribution >= 0.6 is 0 Å². The summed E-state index contributed by atoms with van der Waals surface area (Å²) in [6.45, 7) is 2.24. The van der Waals surface area contributed by atoms with Crippen molar-refractivity contribution in [2.75, 3.05) is 13.2 Å². The van der Waals surface area contributed by atoms with Crippen LogP contribution in [-0.4, -0.2) is 25.1 Å². The van der Waals surface area contributed by atoms with Gasteiger partial charge in [0, 0.05) is 5.56 Å². The Morgan fingerprint density at radius 2 is 2.11 bits per heavy atom. The highest BCUT2D eigenvalue weighted by atomic mass is 16.6. The molecule has 1 aromatic carbocycles. The topological polar surface area (TPSA) is 78.6 Å². The number of benzene rings is 1.